The molecule has 0 aliphatic rings. The largest absolute Gasteiger partial charge is 0.489 e. The Balaban J connectivity index is 1.37. The highest BCUT2D eigenvalue weighted by Crippen LogP contribution is 2.22. The summed E-state index contributed by atoms with van der Waals surface area (Å²) in [5.41, 5.74) is 3.52. The summed E-state index contributed by atoms with van der Waals surface area (Å²) in [5.74, 6) is 0.619. The van der Waals surface area contributed by atoms with Gasteiger partial charge in [0.05, 0.1) is 0 Å². The van der Waals surface area contributed by atoms with Crippen LogP contribution in [0.25, 0.3) is 10.9 Å². The number of halogens is 1. The maximum atomic E-state index is 12.5. The first-order valence-electron chi connectivity index (χ1n) is 9.50. The summed E-state index contributed by atoms with van der Waals surface area (Å²) in [7, 11) is 0. The molecule has 3 aromatic carbocycles. The first-order chi connectivity index (χ1) is 14.2. The number of nitrogens with one attached hydrogen (secondary N) is 2. The number of rotatable bonds is 7. The molecule has 0 radical (unpaired) electrons. The average Bonchev–Trinajstić information content (AvgIpc) is 3.18. The third-order valence-corrected chi connectivity index (χ3v) is 5.09. The highest BCUT2D eigenvalue weighted by molar-refractivity contribution is 6.31. The second-order valence-electron chi connectivity index (χ2n) is 6.80. The quantitative estimate of drug-likeness (QED) is 0.435. The molecule has 146 valence electrons. The van der Waals surface area contributed by atoms with E-state index in [-0.39, 0.29) is 5.91 Å². The van der Waals surface area contributed by atoms with Crippen LogP contribution in [0.3, 0.4) is 0 Å². The number of ether oxygens (including phenoxy) is 1. The third kappa shape index (κ3) is 4.79. The van der Waals surface area contributed by atoms with Crippen LogP contribution in [0.2, 0.25) is 5.02 Å². The Labute approximate surface area is 174 Å². The maximum Gasteiger partial charge on any atom is 0.267 e. The van der Waals surface area contributed by atoms with Crippen molar-refractivity contribution in [3.63, 3.8) is 0 Å². The van der Waals surface area contributed by atoms with Gasteiger partial charge >= 0.3 is 0 Å². The summed E-state index contributed by atoms with van der Waals surface area (Å²) in [6.07, 6.45) is 0.684. The van der Waals surface area contributed by atoms with Crippen LogP contribution in [0.4, 0.5) is 0 Å². The van der Waals surface area contributed by atoms with E-state index in [1.54, 1.807) is 0 Å². The lowest BCUT2D eigenvalue weighted by atomic mass is 10.1. The van der Waals surface area contributed by atoms with Gasteiger partial charge in [0.15, 0.2) is 0 Å². The van der Waals surface area contributed by atoms with Crippen molar-refractivity contribution < 1.29 is 9.53 Å². The van der Waals surface area contributed by atoms with Gasteiger partial charge in [0.25, 0.3) is 5.91 Å². The zero-order chi connectivity index (χ0) is 20.1. The van der Waals surface area contributed by atoms with Crippen LogP contribution in [0.15, 0.2) is 78.9 Å². The van der Waals surface area contributed by atoms with Crippen molar-refractivity contribution in [1.29, 1.82) is 0 Å². The molecule has 0 bridgehead atoms. The molecule has 0 unspecified atom stereocenters. The lowest BCUT2D eigenvalue weighted by Crippen LogP contribution is -2.26. The molecule has 2 N–H and O–H groups in total. The summed E-state index contributed by atoms with van der Waals surface area (Å²) in [4.78, 5) is 15.7. The van der Waals surface area contributed by atoms with Crippen molar-refractivity contribution in [3.8, 4) is 5.75 Å². The second-order valence-corrected chi connectivity index (χ2v) is 7.21. The van der Waals surface area contributed by atoms with Crippen molar-refractivity contribution in [1.82, 2.24) is 10.3 Å². The minimum absolute atomic E-state index is 0.139. The molecule has 4 aromatic rings. The number of carbonyl (C=O) groups excluding carboxylic acids is 1. The molecule has 0 aliphatic heterocycles. The monoisotopic (exact) mass is 404 g/mol. The Morgan fingerprint density at radius 2 is 1.76 bits per heavy atom. The minimum Gasteiger partial charge on any atom is -0.489 e. The number of hydrogen-bond acceptors (Lipinski definition) is 2. The number of amides is 1. The first kappa shape index (κ1) is 19.1. The van der Waals surface area contributed by atoms with Gasteiger partial charge in [0, 0.05) is 28.5 Å². The highest BCUT2D eigenvalue weighted by atomic mass is 35.5. The Bertz CT molecular complexity index is 1120. The third-order valence-electron chi connectivity index (χ3n) is 4.72. The Morgan fingerprint density at radius 1 is 0.966 bits per heavy atom. The fraction of sp³-hybridized carbons (Fsp3) is 0.125. The van der Waals surface area contributed by atoms with E-state index in [0.29, 0.717) is 25.3 Å². The van der Waals surface area contributed by atoms with Gasteiger partial charge in [-0.1, -0.05) is 60.1 Å². The minimum atomic E-state index is -0.139. The van der Waals surface area contributed by atoms with Crippen LogP contribution in [0, 0.1) is 0 Å². The van der Waals surface area contributed by atoms with Gasteiger partial charge in [0.2, 0.25) is 0 Å². The van der Waals surface area contributed by atoms with E-state index in [1.807, 2.05) is 78.9 Å². The average molecular weight is 405 g/mol. The van der Waals surface area contributed by atoms with Crippen molar-refractivity contribution in [2.45, 2.75) is 13.0 Å². The number of hydrogen-bond donors (Lipinski definition) is 2. The molecule has 1 heterocycles. The van der Waals surface area contributed by atoms with Gasteiger partial charge in [-0.05, 0) is 41.8 Å². The maximum absolute atomic E-state index is 12.5. The molecule has 0 fully saturated rings. The summed E-state index contributed by atoms with van der Waals surface area (Å²) in [6, 6.07) is 25.3. The second kappa shape index (κ2) is 8.84. The normalized spacial score (nSPS) is 10.8. The molecule has 5 heteroatoms. The standard InChI is InChI=1S/C24H21ClN2O2/c25-21-9-5-4-8-18(21)12-13-26-24(28)23-14-19-10-11-20(15-22(19)27-23)29-16-17-6-2-1-3-7-17/h1-11,14-15,27H,12-13,16H2,(H,26,28). The van der Waals surface area contributed by atoms with E-state index in [0.717, 1.165) is 32.8 Å². The summed E-state index contributed by atoms with van der Waals surface area (Å²) in [6.45, 7) is 1.02. The number of aromatic amines is 1. The predicted octanol–water partition coefficient (Wildman–Crippen LogP) is 5.37. The molecule has 0 saturated carbocycles. The molecular formula is C24H21ClN2O2. The summed E-state index contributed by atoms with van der Waals surface area (Å²) < 4.78 is 5.86. The molecule has 0 atom stereocenters. The van der Waals surface area contributed by atoms with Crippen LogP contribution in [-0.4, -0.2) is 17.4 Å². The van der Waals surface area contributed by atoms with Crippen molar-refractivity contribution >= 4 is 28.4 Å². The molecule has 1 aromatic heterocycles. The Morgan fingerprint density at radius 3 is 2.59 bits per heavy atom. The van der Waals surface area contributed by atoms with Gasteiger partial charge < -0.3 is 15.0 Å². The molecule has 29 heavy (non-hydrogen) atoms. The lowest BCUT2D eigenvalue weighted by molar-refractivity contribution is 0.0950. The Kier molecular flexibility index (Phi) is 5.82. The van der Waals surface area contributed by atoms with Gasteiger partial charge in [0.1, 0.15) is 18.1 Å². The zero-order valence-electron chi connectivity index (χ0n) is 15.8. The van der Waals surface area contributed by atoms with Gasteiger partial charge in [-0.25, -0.2) is 0 Å². The fourth-order valence-electron chi connectivity index (χ4n) is 3.17. The van der Waals surface area contributed by atoms with Crippen LogP contribution in [0.1, 0.15) is 21.6 Å². The number of benzene rings is 3. The molecular weight excluding hydrogens is 384 g/mol. The predicted molar refractivity (Wildman–Crippen MR) is 117 cm³/mol. The van der Waals surface area contributed by atoms with E-state index in [9.17, 15) is 4.79 Å². The van der Waals surface area contributed by atoms with Gasteiger partial charge in [-0.15, -0.1) is 0 Å². The molecule has 0 aliphatic carbocycles. The molecule has 0 saturated heterocycles. The fourth-order valence-corrected chi connectivity index (χ4v) is 3.40. The SMILES string of the molecule is O=C(NCCc1ccccc1Cl)c1cc2ccc(OCc3ccccc3)cc2[nH]1. The van der Waals surface area contributed by atoms with Gasteiger partial charge in [-0.2, -0.15) is 0 Å². The molecule has 4 rings (SSSR count). The molecule has 0 spiro atoms. The molecule has 4 nitrogen and oxygen atoms in total. The number of fused-ring (bicyclic) bond motifs is 1. The van der Waals surface area contributed by atoms with Crippen LogP contribution in [-0.2, 0) is 13.0 Å². The topological polar surface area (TPSA) is 54.1 Å². The number of carbonyl (C=O) groups is 1. The zero-order valence-corrected chi connectivity index (χ0v) is 16.6. The highest BCUT2D eigenvalue weighted by Gasteiger charge is 2.10. The van der Waals surface area contributed by atoms with Crippen molar-refractivity contribution in [2.75, 3.05) is 6.54 Å². The van der Waals surface area contributed by atoms with E-state index in [4.69, 9.17) is 16.3 Å². The summed E-state index contributed by atoms with van der Waals surface area (Å²) >= 11 is 6.16. The van der Waals surface area contributed by atoms with Gasteiger partial charge in [-0.3, -0.25) is 4.79 Å². The molecule has 1 amide bonds. The number of H-pyrrole nitrogens is 1. The van der Waals surface area contributed by atoms with Crippen molar-refractivity contribution in [3.05, 3.63) is 101 Å². The van der Waals surface area contributed by atoms with Crippen LogP contribution >= 0.6 is 11.6 Å². The van der Waals surface area contributed by atoms with E-state index < -0.39 is 0 Å². The number of aromatic nitrogens is 1. The van der Waals surface area contributed by atoms with E-state index in [2.05, 4.69) is 10.3 Å². The summed E-state index contributed by atoms with van der Waals surface area (Å²) in [5, 5.41) is 4.62. The van der Waals surface area contributed by atoms with E-state index in [1.165, 1.54) is 0 Å². The van der Waals surface area contributed by atoms with Crippen LogP contribution in [0.5, 0.6) is 5.75 Å². The first-order valence-corrected chi connectivity index (χ1v) is 9.88. The lowest BCUT2D eigenvalue weighted by Gasteiger charge is -2.06. The van der Waals surface area contributed by atoms with Crippen LogP contribution < -0.4 is 10.1 Å². The van der Waals surface area contributed by atoms with Crippen molar-refractivity contribution in [2.24, 2.45) is 0 Å². The van der Waals surface area contributed by atoms with E-state index >= 15 is 0 Å². The smallest absolute Gasteiger partial charge is 0.267 e. The Hall–Kier alpha value is -3.24.